The molecule has 0 fully saturated rings. The van der Waals surface area contributed by atoms with Gasteiger partial charge in [-0.05, 0) is 71.0 Å². The Hall–Kier alpha value is -0.680. The van der Waals surface area contributed by atoms with E-state index in [0.717, 1.165) is 16.9 Å². The van der Waals surface area contributed by atoms with Gasteiger partial charge in [-0.3, -0.25) is 0 Å². The highest BCUT2D eigenvalue weighted by Gasteiger charge is 2.02. The Kier molecular flexibility index (Phi) is 4.34. The largest absolute Gasteiger partial charge is 0.508 e. The predicted molar refractivity (Wildman–Crippen MR) is 80.8 cm³/mol. The molecule has 3 heteroatoms. The standard InChI is InChI=1S/C14H13IOS/c1-2-10-3-6-13(9-14(10)16)17-12-7-4-11(15)5-8-12/h3-9,16H,2H2,1H3. The molecule has 0 aliphatic heterocycles. The van der Waals surface area contributed by atoms with Gasteiger partial charge in [0.15, 0.2) is 0 Å². The molecule has 0 saturated heterocycles. The van der Waals surface area contributed by atoms with E-state index in [2.05, 4.69) is 52.9 Å². The van der Waals surface area contributed by atoms with Gasteiger partial charge in [-0.2, -0.15) is 0 Å². The molecule has 0 aliphatic carbocycles. The Morgan fingerprint density at radius 2 is 1.71 bits per heavy atom. The third kappa shape index (κ3) is 3.39. The zero-order valence-corrected chi connectivity index (χ0v) is 12.5. The van der Waals surface area contributed by atoms with Crippen LogP contribution in [0.4, 0.5) is 0 Å². The molecule has 0 saturated carbocycles. The number of hydrogen-bond acceptors (Lipinski definition) is 2. The molecule has 0 aromatic heterocycles. The fourth-order valence-electron chi connectivity index (χ4n) is 1.54. The van der Waals surface area contributed by atoms with Gasteiger partial charge in [-0.15, -0.1) is 0 Å². The number of phenolic OH excluding ortho intramolecular Hbond substituents is 1. The summed E-state index contributed by atoms with van der Waals surface area (Å²) in [7, 11) is 0. The van der Waals surface area contributed by atoms with Gasteiger partial charge in [0.25, 0.3) is 0 Å². The van der Waals surface area contributed by atoms with Crippen molar-refractivity contribution in [2.24, 2.45) is 0 Å². The maximum Gasteiger partial charge on any atom is 0.119 e. The van der Waals surface area contributed by atoms with Gasteiger partial charge < -0.3 is 5.11 Å². The van der Waals surface area contributed by atoms with Crippen molar-refractivity contribution in [1.29, 1.82) is 0 Å². The van der Waals surface area contributed by atoms with Gasteiger partial charge >= 0.3 is 0 Å². The van der Waals surface area contributed by atoms with Gasteiger partial charge in [-0.25, -0.2) is 0 Å². The first-order valence-corrected chi connectivity index (χ1v) is 7.34. The molecule has 0 aliphatic rings. The van der Waals surface area contributed by atoms with Crippen molar-refractivity contribution < 1.29 is 5.11 Å². The molecule has 0 spiro atoms. The van der Waals surface area contributed by atoms with Crippen molar-refractivity contribution in [2.45, 2.75) is 23.1 Å². The third-order valence-corrected chi connectivity index (χ3v) is 4.20. The second kappa shape index (κ2) is 5.78. The fourth-order valence-corrected chi connectivity index (χ4v) is 2.76. The minimum atomic E-state index is 0.392. The summed E-state index contributed by atoms with van der Waals surface area (Å²) in [6.07, 6.45) is 0.861. The van der Waals surface area contributed by atoms with Crippen LogP contribution in [-0.2, 0) is 6.42 Å². The summed E-state index contributed by atoms with van der Waals surface area (Å²) in [4.78, 5) is 2.26. The molecule has 1 N–H and O–H groups in total. The molecular weight excluding hydrogens is 343 g/mol. The summed E-state index contributed by atoms with van der Waals surface area (Å²) in [5, 5.41) is 9.80. The number of rotatable bonds is 3. The van der Waals surface area contributed by atoms with Gasteiger partial charge in [0, 0.05) is 13.4 Å². The van der Waals surface area contributed by atoms with E-state index >= 15 is 0 Å². The Balaban J connectivity index is 2.19. The van der Waals surface area contributed by atoms with Crippen molar-refractivity contribution in [3.8, 4) is 5.75 Å². The Morgan fingerprint density at radius 3 is 2.29 bits per heavy atom. The second-order valence-corrected chi connectivity index (χ2v) is 6.09. The van der Waals surface area contributed by atoms with Crippen molar-refractivity contribution in [1.82, 2.24) is 0 Å². The maximum absolute atomic E-state index is 9.80. The normalized spacial score (nSPS) is 10.5. The molecule has 0 atom stereocenters. The lowest BCUT2D eigenvalue weighted by atomic mass is 10.1. The number of benzene rings is 2. The molecule has 0 heterocycles. The first-order valence-electron chi connectivity index (χ1n) is 5.44. The Morgan fingerprint density at radius 1 is 1.06 bits per heavy atom. The highest BCUT2D eigenvalue weighted by molar-refractivity contribution is 14.1. The van der Waals surface area contributed by atoms with Crippen molar-refractivity contribution in [3.05, 3.63) is 51.6 Å². The third-order valence-electron chi connectivity index (χ3n) is 2.49. The van der Waals surface area contributed by atoms with Crippen LogP contribution >= 0.6 is 34.4 Å². The number of hydrogen-bond donors (Lipinski definition) is 1. The quantitative estimate of drug-likeness (QED) is 0.804. The van der Waals surface area contributed by atoms with Crippen LogP contribution in [0, 0.1) is 3.57 Å². The van der Waals surface area contributed by atoms with Crippen molar-refractivity contribution in [2.75, 3.05) is 0 Å². The lowest BCUT2D eigenvalue weighted by Gasteiger charge is -2.05. The summed E-state index contributed by atoms with van der Waals surface area (Å²) in [5.41, 5.74) is 0.997. The molecule has 0 amide bonds. The zero-order chi connectivity index (χ0) is 12.3. The topological polar surface area (TPSA) is 20.2 Å². The predicted octanol–water partition coefficient (Wildman–Crippen LogP) is 4.71. The van der Waals surface area contributed by atoms with Crippen LogP contribution in [0.15, 0.2) is 52.3 Å². The van der Waals surface area contributed by atoms with Crippen LogP contribution < -0.4 is 0 Å². The van der Waals surface area contributed by atoms with Gasteiger partial charge in [0.2, 0.25) is 0 Å². The van der Waals surface area contributed by atoms with E-state index in [0.29, 0.717) is 5.75 Å². The van der Waals surface area contributed by atoms with Crippen molar-refractivity contribution >= 4 is 34.4 Å². The van der Waals surface area contributed by atoms with E-state index < -0.39 is 0 Å². The van der Waals surface area contributed by atoms with Crippen LogP contribution in [0.5, 0.6) is 5.75 Å². The number of aromatic hydroxyl groups is 1. The minimum absolute atomic E-state index is 0.392. The molecule has 17 heavy (non-hydrogen) atoms. The molecular formula is C14H13IOS. The summed E-state index contributed by atoms with van der Waals surface area (Å²) in [6, 6.07) is 14.2. The van der Waals surface area contributed by atoms with Crippen LogP contribution in [0.1, 0.15) is 12.5 Å². The van der Waals surface area contributed by atoms with Crippen LogP contribution in [-0.4, -0.2) is 5.11 Å². The average molecular weight is 356 g/mol. The SMILES string of the molecule is CCc1ccc(Sc2ccc(I)cc2)cc1O. The van der Waals surface area contributed by atoms with E-state index in [9.17, 15) is 5.11 Å². The van der Waals surface area contributed by atoms with E-state index in [-0.39, 0.29) is 0 Å². The number of aryl methyl sites for hydroxylation is 1. The highest BCUT2D eigenvalue weighted by atomic mass is 127. The Labute approximate surface area is 119 Å². The molecule has 0 bridgehead atoms. The van der Waals surface area contributed by atoms with E-state index in [1.54, 1.807) is 11.8 Å². The molecule has 0 unspecified atom stereocenters. The maximum atomic E-state index is 9.80. The molecule has 0 radical (unpaired) electrons. The summed E-state index contributed by atoms with van der Waals surface area (Å²) >= 11 is 3.96. The molecule has 2 aromatic carbocycles. The molecule has 1 nitrogen and oxygen atoms in total. The second-order valence-electron chi connectivity index (χ2n) is 3.70. The zero-order valence-electron chi connectivity index (χ0n) is 9.48. The monoisotopic (exact) mass is 356 g/mol. The smallest absolute Gasteiger partial charge is 0.119 e. The van der Waals surface area contributed by atoms with Gasteiger partial charge in [0.05, 0.1) is 0 Å². The number of phenols is 1. The van der Waals surface area contributed by atoms with Gasteiger partial charge in [-0.1, -0.05) is 24.8 Å². The van der Waals surface area contributed by atoms with Crippen LogP contribution in [0.25, 0.3) is 0 Å². The highest BCUT2D eigenvalue weighted by Crippen LogP contribution is 2.31. The summed E-state index contributed by atoms with van der Waals surface area (Å²) in [5.74, 6) is 0.392. The lowest BCUT2D eigenvalue weighted by molar-refractivity contribution is 0.467. The fraction of sp³-hybridized carbons (Fsp3) is 0.143. The van der Waals surface area contributed by atoms with Crippen molar-refractivity contribution in [3.63, 3.8) is 0 Å². The van der Waals surface area contributed by atoms with E-state index in [1.165, 1.54) is 8.47 Å². The molecule has 88 valence electrons. The minimum Gasteiger partial charge on any atom is -0.508 e. The van der Waals surface area contributed by atoms with E-state index in [4.69, 9.17) is 0 Å². The van der Waals surface area contributed by atoms with E-state index in [1.807, 2.05) is 19.1 Å². The first-order chi connectivity index (χ1) is 8.19. The lowest BCUT2D eigenvalue weighted by Crippen LogP contribution is -1.82. The van der Waals surface area contributed by atoms with Crippen LogP contribution in [0.3, 0.4) is 0 Å². The molecule has 2 aromatic rings. The number of halogens is 1. The molecule has 2 rings (SSSR count). The Bertz CT molecular complexity index is 508. The average Bonchev–Trinajstić information content (AvgIpc) is 2.32. The summed E-state index contributed by atoms with van der Waals surface area (Å²) < 4.78 is 1.23. The van der Waals surface area contributed by atoms with Gasteiger partial charge in [0.1, 0.15) is 5.75 Å². The van der Waals surface area contributed by atoms with Crippen LogP contribution in [0.2, 0.25) is 0 Å². The summed E-state index contributed by atoms with van der Waals surface area (Å²) in [6.45, 7) is 2.04. The first kappa shape index (κ1) is 12.8.